The minimum Gasteiger partial charge on any atom is -0.495 e. The second kappa shape index (κ2) is 10.2. The summed E-state index contributed by atoms with van der Waals surface area (Å²) in [7, 11) is 3.16. The molecule has 4 N–H and O–H groups in total. The van der Waals surface area contributed by atoms with Gasteiger partial charge >= 0.3 is 0 Å². The van der Waals surface area contributed by atoms with Crippen molar-refractivity contribution in [2.24, 2.45) is 0 Å². The van der Waals surface area contributed by atoms with Crippen LogP contribution in [0.3, 0.4) is 0 Å². The molecular formula is C22H24Cl2N6O3. The smallest absolute Gasteiger partial charge is 0.229 e. The van der Waals surface area contributed by atoms with E-state index in [1.807, 2.05) is 12.1 Å². The molecule has 11 heteroatoms. The van der Waals surface area contributed by atoms with Gasteiger partial charge in [-0.05, 0) is 18.2 Å². The summed E-state index contributed by atoms with van der Waals surface area (Å²) in [5.41, 5.74) is 8.51. The first-order valence-corrected chi connectivity index (χ1v) is 10.9. The predicted octanol–water partition coefficient (Wildman–Crippen LogP) is 4.71. The van der Waals surface area contributed by atoms with Crippen molar-refractivity contribution in [1.82, 2.24) is 9.97 Å². The van der Waals surface area contributed by atoms with Crippen LogP contribution in [0.4, 0.5) is 34.5 Å². The van der Waals surface area contributed by atoms with E-state index in [0.717, 1.165) is 18.8 Å². The molecular weight excluding hydrogens is 467 g/mol. The van der Waals surface area contributed by atoms with Gasteiger partial charge in [0.15, 0.2) is 0 Å². The van der Waals surface area contributed by atoms with Crippen molar-refractivity contribution in [3.8, 4) is 11.5 Å². The molecule has 0 bridgehead atoms. The summed E-state index contributed by atoms with van der Waals surface area (Å²) in [6, 6.07) is 8.77. The SMILES string of the molecule is COc1cc(N2CCOCC2)c(Cl)cc1Nc1ccnc(Nc2cc(N)c(Cl)cc2OC)n1. The summed E-state index contributed by atoms with van der Waals surface area (Å²) >= 11 is 12.7. The van der Waals surface area contributed by atoms with Crippen LogP contribution < -0.4 is 30.7 Å². The number of anilines is 6. The van der Waals surface area contributed by atoms with Crippen molar-refractivity contribution in [2.45, 2.75) is 0 Å². The zero-order valence-corrected chi connectivity index (χ0v) is 19.7. The van der Waals surface area contributed by atoms with Gasteiger partial charge in [0.05, 0.1) is 60.2 Å². The highest BCUT2D eigenvalue weighted by Gasteiger charge is 2.18. The topological polar surface area (TPSA) is 107 Å². The number of benzene rings is 2. The van der Waals surface area contributed by atoms with Crippen molar-refractivity contribution in [2.75, 3.05) is 61.8 Å². The normalized spacial score (nSPS) is 13.5. The van der Waals surface area contributed by atoms with E-state index in [1.165, 1.54) is 0 Å². The van der Waals surface area contributed by atoms with E-state index in [-0.39, 0.29) is 0 Å². The molecule has 0 unspecified atom stereocenters. The Labute approximate surface area is 201 Å². The third-order valence-corrected chi connectivity index (χ3v) is 5.73. The van der Waals surface area contributed by atoms with Gasteiger partial charge in [-0.1, -0.05) is 23.2 Å². The third kappa shape index (κ3) is 5.27. The van der Waals surface area contributed by atoms with Crippen LogP contribution in [0.5, 0.6) is 11.5 Å². The van der Waals surface area contributed by atoms with Crippen molar-refractivity contribution in [3.63, 3.8) is 0 Å². The molecule has 0 radical (unpaired) electrons. The summed E-state index contributed by atoms with van der Waals surface area (Å²) in [6.45, 7) is 2.88. The summed E-state index contributed by atoms with van der Waals surface area (Å²) in [6.07, 6.45) is 1.62. The number of ether oxygens (including phenoxy) is 3. The van der Waals surface area contributed by atoms with Crippen molar-refractivity contribution < 1.29 is 14.2 Å². The summed E-state index contributed by atoms with van der Waals surface area (Å²) < 4.78 is 16.4. The van der Waals surface area contributed by atoms with Gasteiger partial charge in [-0.3, -0.25) is 0 Å². The Bertz CT molecular complexity index is 1140. The van der Waals surface area contributed by atoms with Crippen molar-refractivity contribution in [3.05, 3.63) is 46.6 Å². The maximum Gasteiger partial charge on any atom is 0.229 e. The van der Waals surface area contributed by atoms with E-state index in [4.69, 9.17) is 43.1 Å². The van der Waals surface area contributed by atoms with Crippen LogP contribution in [0.2, 0.25) is 10.0 Å². The number of nitrogens with zero attached hydrogens (tertiary/aromatic N) is 3. The molecule has 0 amide bonds. The highest BCUT2D eigenvalue weighted by Crippen LogP contribution is 2.38. The molecule has 1 saturated heterocycles. The molecule has 0 saturated carbocycles. The summed E-state index contributed by atoms with van der Waals surface area (Å²) in [5.74, 6) is 2.04. The molecule has 0 spiro atoms. The lowest BCUT2D eigenvalue weighted by atomic mass is 10.2. The molecule has 9 nitrogen and oxygen atoms in total. The predicted molar refractivity (Wildman–Crippen MR) is 132 cm³/mol. The Morgan fingerprint density at radius 2 is 1.67 bits per heavy atom. The van der Waals surface area contributed by atoms with E-state index < -0.39 is 0 Å². The highest BCUT2D eigenvalue weighted by molar-refractivity contribution is 6.34. The fourth-order valence-electron chi connectivity index (χ4n) is 3.44. The maximum atomic E-state index is 6.60. The van der Waals surface area contributed by atoms with Gasteiger partial charge in [0.2, 0.25) is 5.95 Å². The van der Waals surface area contributed by atoms with Gasteiger partial charge in [0.1, 0.15) is 17.3 Å². The first-order chi connectivity index (χ1) is 16.0. The van der Waals surface area contributed by atoms with Gasteiger partial charge in [0.25, 0.3) is 0 Å². The molecule has 0 aliphatic carbocycles. The molecule has 3 aromatic rings. The Morgan fingerprint density at radius 3 is 2.39 bits per heavy atom. The number of aromatic nitrogens is 2. The van der Waals surface area contributed by atoms with Gasteiger partial charge in [-0.15, -0.1) is 0 Å². The Hall–Kier alpha value is -3.14. The molecule has 2 aromatic carbocycles. The lowest BCUT2D eigenvalue weighted by Gasteiger charge is -2.30. The Kier molecular flexibility index (Phi) is 7.12. The molecule has 2 heterocycles. The fourth-order valence-corrected chi connectivity index (χ4v) is 3.88. The number of nitrogen functional groups attached to an aromatic ring is 1. The third-order valence-electron chi connectivity index (χ3n) is 5.10. The van der Waals surface area contributed by atoms with Crippen LogP contribution in [-0.4, -0.2) is 50.5 Å². The quantitative estimate of drug-likeness (QED) is 0.405. The van der Waals surface area contributed by atoms with Crippen LogP contribution in [-0.2, 0) is 4.74 Å². The lowest BCUT2D eigenvalue weighted by molar-refractivity contribution is 0.122. The molecule has 1 aliphatic rings. The monoisotopic (exact) mass is 490 g/mol. The minimum absolute atomic E-state index is 0.343. The number of morpholine rings is 1. The van der Waals surface area contributed by atoms with Gasteiger partial charge in [-0.2, -0.15) is 4.98 Å². The minimum atomic E-state index is 0.343. The van der Waals surface area contributed by atoms with Gasteiger partial charge in [0, 0.05) is 31.4 Å². The number of nitrogens with one attached hydrogen (secondary N) is 2. The maximum absolute atomic E-state index is 6.60. The Balaban J connectivity index is 1.57. The fraction of sp³-hybridized carbons (Fsp3) is 0.273. The largest absolute Gasteiger partial charge is 0.495 e. The number of hydrogen-bond acceptors (Lipinski definition) is 9. The molecule has 33 heavy (non-hydrogen) atoms. The van der Waals surface area contributed by atoms with Crippen LogP contribution in [0.15, 0.2) is 36.5 Å². The number of methoxy groups -OCH3 is 2. The van der Waals surface area contributed by atoms with Crippen LogP contribution in [0.25, 0.3) is 0 Å². The van der Waals surface area contributed by atoms with E-state index in [0.29, 0.717) is 63.6 Å². The van der Waals surface area contributed by atoms with Gasteiger partial charge in [-0.25, -0.2) is 4.98 Å². The average molecular weight is 491 g/mol. The molecule has 174 valence electrons. The van der Waals surface area contributed by atoms with Crippen molar-refractivity contribution >= 4 is 57.7 Å². The second-order valence-corrected chi connectivity index (χ2v) is 8.01. The summed E-state index contributed by atoms with van der Waals surface area (Å²) in [5, 5.41) is 7.36. The standard InChI is InChI=1S/C22H24Cl2N6O3/c1-31-19-10-13(23)15(25)11-17(19)28-22-26-4-3-21(29-22)27-16-9-14(24)18(12-20(16)32-2)30-5-7-33-8-6-30/h3-4,9-12H,5-8,25H2,1-2H3,(H2,26,27,28,29). The number of halogens is 2. The zero-order chi connectivity index (χ0) is 23.4. The second-order valence-electron chi connectivity index (χ2n) is 7.19. The van der Waals surface area contributed by atoms with E-state index >= 15 is 0 Å². The molecule has 0 atom stereocenters. The molecule has 4 rings (SSSR count). The number of nitrogens with two attached hydrogens (primary N) is 1. The summed E-state index contributed by atoms with van der Waals surface area (Å²) in [4.78, 5) is 11.0. The average Bonchev–Trinajstić information content (AvgIpc) is 2.82. The van der Waals surface area contributed by atoms with E-state index in [2.05, 4.69) is 25.5 Å². The van der Waals surface area contributed by atoms with Gasteiger partial charge < -0.3 is 35.5 Å². The number of rotatable bonds is 7. The van der Waals surface area contributed by atoms with Crippen LogP contribution in [0.1, 0.15) is 0 Å². The Morgan fingerprint density at radius 1 is 0.970 bits per heavy atom. The van der Waals surface area contributed by atoms with E-state index in [1.54, 1.807) is 38.6 Å². The molecule has 1 fully saturated rings. The molecule has 1 aromatic heterocycles. The first kappa shape index (κ1) is 23.0. The van der Waals surface area contributed by atoms with Crippen molar-refractivity contribution in [1.29, 1.82) is 0 Å². The molecule has 1 aliphatic heterocycles. The zero-order valence-electron chi connectivity index (χ0n) is 18.2. The van der Waals surface area contributed by atoms with E-state index in [9.17, 15) is 0 Å². The van der Waals surface area contributed by atoms with Crippen LogP contribution >= 0.6 is 23.2 Å². The highest BCUT2D eigenvalue weighted by atomic mass is 35.5. The lowest BCUT2D eigenvalue weighted by Crippen LogP contribution is -2.36. The number of hydrogen-bond donors (Lipinski definition) is 3. The van der Waals surface area contributed by atoms with Crippen LogP contribution in [0, 0.1) is 0 Å². The first-order valence-electron chi connectivity index (χ1n) is 10.2.